The third-order valence-corrected chi connectivity index (χ3v) is 5.25. The van der Waals surface area contributed by atoms with Crippen molar-refractivity contribution in [1.29, 1.82) is 0 Å². The van der Waals surface area contributed by atoms with Crippen molar-refractivity contribution in [2.24, 2.45) is 5.10 Å². The Morgan fingerprint density at radius 2 is 1.76 bits per heavy atom. The maximum absolute atomic E-state index is 13.2. The maximum Gasteiger partial charge on any atom is 0.257 e. The van der Waals surface area contributed by atoms with Crippen LogP contribution in [0.25, 0.3) is 22.2 Å². The molecule has 0 unspecified atom stereocenters. The van der Waals surface area contributed by atoms with Gasteiger partial charge in [0.2, 0.25) is 0 Å². The Morgan fingerprint density at radius 1 is 1.00 bits per heavy atom. The number of benzene rings is 2. The first-order valence-corrected chi connectivity index (χ1v) is 10.5. The molecular weight excluding hydrogens is 414 g/mol. The van der Waals surface area contributed by atoms with Gasteiger partial charge in [-0.3, -0.25) is 9.78 Å². The molecule has 0 aliphatic heterocycles. The molecule has 0 saturated carbocycles. The van der Waals surface area contributed by atoms with Crippen LogP contribution in [0.1, 0.15) is 21.5 Å². The molecule has 0 saturated heterocycles. The van der Waals surface area contributed by atoms with Crippen LogP contribution in [-0.2, 0) is 6.42 Å². The summed E-state index contributed by atoms with van der Waals surface area (Å²) in [6, 6.07) is 21.1. The molecule has 0 spiro atoms. The van der Waals surface area contributed by atoms with Crippen LogP contribution in [0.5, 0.6) is 0 Å². The summed E-state index contributed by atoms with van der Waals surface area (Å²) in [5, 5.41) is 7.44. The highest BCUT2D eigenvalue weighted by Crippen LogP contribution is 2.27. The van der Waals surface area contributed by atoms with Crippen molar-refractivity contribution in [2.45, 2.75) is 6.42 Å². The molecule has 5 aromatic rings. The van der Waals surface area contributed by atoms with E-state index >= 15 is 0 Å². The number of nitrogens with one attached hydrogen (secondary N) is 1. The van der Waals surface area contributed by atoms with Gasteiger partial charge in [-0.1, -0.05) is 48.5 Å². The molecule has 3 aromatic heterocycles. The highest BCUT2D eigenvalue weighted by molar-refractivity contribution is 6.10. The van der Waals surface area contributed by atoms with Crippen molar-refractivity contribution in [3.05, 3.63) is 95.8 Å². The van der Waals surface area contributed by atoms with E-state index in [1.807, 2.05) is 66.7 Å². The Bertz CT molecular complexity index is 1460. The fourth-order valence-electron chi connectivity index (χ4n) is 3.62. The number of hydrogen-bond donors (Lipinski definition) is 2. The molecule has 5 rings (SSSR count). The Labute approximate surface area is 189 Å². The second kappa shape index (κ2) is 8.88. The van der Waals surface area contributed by atoms with E-state index in [4.69, 9.17) is 15.7 Å². The second-order valence-corrected chi connectivity index (χ2v) is 7.48. The van der Waals surface area contributed by atoms with Crippen LogP contribution in [0.3, 0.4) is 0 Å². The van der Waals surface area contributed by atoms with Gasteiger partial charge in [0.1, 0.15) is 16.9 Å². The molecule has 8 nitrogen and oxygen atoms in total. The van der Waals surface area contributed by atoms with Crippen molar-refractivity contribution < 1.29 is 4.79 Å². The summed E-state index contributed by atoms with van der Waals surface area (Å²) in [6.45, 7) is 0.467. The zero-order chi connectivity index (χ0) is 22.6. The zero-order valence-corrected chi connectivity index (χ0v) is 17.7. The predicted molar refractivity (Wildman–Crippen MR) is 129 cm³/mol. The van der Waals surface area contributed by atoms with E-state index in [9.17, 15) is 4.79 Å². The third kappa shape index (κ3) is 4.14. The fraction of sp³-hybridized carbons (Fsp3) is 0.0800. The normalized spacial score (nSPS) is 11.4. The van der Waals surface area contributed by atoms with Gasteiger partial charge < -0.3 is 11.1 Å². The van der Waals surface area contributed by atoms with Crippen molar-refractivity contribution in [3.8, 4) is 0 Å². The molecule has 0 bridgehead atoms. The van der Waals surface area contributed by atoms with Gasteiger partial charge in [0.05, 0.1) is 17.2 Å². The predicted octanol–water partition coefficient (Wildman–Crippen LogP) is 3.42. The largest absolute Gasteiger partial charge is 0.383 e. The van der Waals surface area contributed by atoms with Crippen molar-refractivity contribution in [3.63, 3.8) is 0 Å². The number of para-hydroxylation sites is 2. The van der Waals surface area contributed by atoms with E-state index < -0.39 is 0 Å². The van der Waals surface area contributed by atoms with Crippen LogP contribution >= 0.6 is 0 Å². The Kier molecular flexibility index (Phi) is 5.47. The molecule has 33 heavy (non-hydrogen) atoms. The molecule has 2 aromatic carbocycles. The lowest BCUT2D eigenvalue weighted by Gasteiger charge is -2.05. The van der Waals surface area contributed by atoms with Crippen LogP contribution in [0.4, 0.5) is 5.82 Å². The molecule has 3 heterocycles. The number of amides is 1. The molecule has 162 valence electrons. The molecule has 3 N–H and O–H groups in total. The molecule has 0 fully saturated rings. The number of nitrogens with two attached hydrogens (primary N) is 1. The third-order valence-electron chi connectivity index (χ3n) is 5.25. The van der Waals surface area contributed by atoms with Gasteiger partial charge >= 0.3 is 0 Å². The highest BCUT2D eigenvalue weighted by atomic mass is 16.1. The van der Waals surface area contributed by atoms with Gasteiger partial charge in [-0.25, -0.2) is 9.97 Å². The number of aromatic nitrogens is 4. The maximum atomic E-state index is 13.2. The molecule has 0 aliphatic carbocycles. The van der Waals surface area contributed by atoms with Crippen LogP contribution in [0.2, 0.25) is 0 Å². The number of hydrogen-bond acceptors (Lipinski definition) is 6. The quantitative estimate of drug-likeness (QED) is 0.397. The van der Waals surface area contributed by atoms with Crippen LogP contribution in [0.15, 0.2) is 84.2 Å². The van der Waals surface area contributed by atoms with Gasteiger partial charge in [0.25, 0.3) is 5.91 Å². The summed E-state index contributed by atoms with van der Waals surface area (Å²) in [7, 11) is 0. The molecular formula is C25H21N7O. The number of nitrogen functional groups attached to an aromatic ring is 1. The van der Waals surface area contributed by atoms with Crippen LogP contribution in [0, 0.1) is 0 Å². The minimum atomic E-state index is -0.312. The summed E-state index contributed by atoms with van der Waals surface area (Å²) in [5.74, 6) is -0.133. The number of carbonyl (C=O) groups is 1. The first-order chi connectivity index (χ1) is 16.2. The second-order valence-electron chi connectivity index (χ2n) is 7.48. The zero-order valence-electron chi connectivity index (χ0n) is 17.7. The first-order valence-electron chi connectivity index (χ1n) is 10.5. The van der Waals surface area contributed by atoms with Gasteiger partial charge in [0.15, 0.2) is 5.65 Å². The lowest BCUT2D eigenvalue weighted by molar-refractivity contribution is 0.0956. The number of fused-ring (bicyclic) bond motifs is 2. The minimum Gasteiger partial charge on any atom is -0.383 e. The van der Waals surface area contributed by atoms with Gasteiger partial charge in [-0.2, -0.15) is 9.78 Å². The van der Waals surface area contributed by atoms with Crippen LogP contribution < -0.4 is 11.1 Å². The fourth-order valence-corrected chi connectivity index (χ4v) is 3.62. The average molecular weight is 435 g/mol. The summed E-state index contributed by atoms with van der Waals surface area (Å²) < 4.78 is 1.45. The summed E-state index contributed by atoms with van der Waals surface area (Å²) in [6.07, 6.45) is 5.70. The van der Waals surface area contributed by atoms with Gasteiger partial charge in [-0.15, -0.1) is 0 Å². The summed E-state index contributed by atoms with van der Waals surface area (Å²) >= 11 is 0. The number of carbonyl (C=O) groups excluding carboxylic acids is 1. The number of rotatable bonds is 6. The smallest absolute Gasteiger partial charge is 0.257 e. The minimum absolute atomic E-state index is 0.178. The lowest BCUT2D eigenvalue weighted by Crippen LogP contribution is -2.26. The Morgan fingerprint density at radius 3 is 2.52 bits per heavy atom. The molecule has 1 amide bonds. The van der Waals surface area contributed by atoms with E-state index in [0.717, 1.165) is 11.1 Å². The van der Waals surface area contributed by atoms with Gasteiger partial charge in [-0.05, 0) is 30.2 Å². The summed E-state index contributed by atoms with van der Waals surface area (Å²) in [5.41, 5.74) is 10.8. The first kappa shape index (κ1) is 20.3. The van der Waals surface area contributed by atoms with E-state index in [0.29, 0.717) is 35.2 Å². The average Bonchev–Trinajstić information content (AvgIpc) is 3.12. The number of anilines is 1. The standard InChI is InChI=1S/C25H21N7O/c26-23-21(25(33)28-14-12-17-7-2-1-3-8-17)22-24(31-20-11-5-4-10-19(20)30-22)32(23)29-16-18-9-6-13-27-15-18/h1-11,13,15-16H,12,14,26H2,(H,28,33). The van der Waals surface area contributed by atoms with Crippen molar-refractivity contribution >= 4 is 40.1 Å². The molecule has 8 heteroatoms. The highest BCUT2D eigenvalue weighted by Gasteiger charge is 2.23. The summed E-state index contributed by atoms with van der Waals surface area (Å²) in [4.78, 5) is 26.6. The van der Waals surface area contributed by atoms with E-state index in [-0.39, 0.29) is 17.3 Å². The number of pyridine rings is 1. The van der Waals surface area contributed by atoms with Gasteiger partial charge in [0, 0.05) is 24.5 Å². The molecule has 0 aliphatic rings. The van der Waals surface area contributed by atoms with Crippen molar-refractivity contribution in [1.82, 2.24) is 24.9 Å². The number of nitrogens with zero attached hydrogens (tertiary/aromatic N) is 5. The van der Waals surface area contributed by atoms with E-state index in [1.54, 1.807) is 18.6 Å². The van der Waals surface area contributed by atoms with E-state index in [1.165, 1.54) is 4.68 Å². The topological polar surface area (TPSA) is 111 Å². The monoisotopic (exact) mass is 435 g/mol. The Balaban J connectivity index is 1.54. The van der Waals surface area contributed by atoms with E-state index in [2.05, 4.69) is 15.4 Å². The lowest BCUT2D eigenvalue weighted by atomic mass is 10.1. The van der Waals surface area contributed by atoms with Crippen LogP contribution in [-0.4, -0.2) is 38.3 Å². The molecule has 0 radical (unpaired) electrons. The Hall–Kier alpha value is -4.59. The SMILES string of the molecule is Nc1c(C(=O)NCCc2ccccc2)c2nc3ccccc3nc2n1N=Cc1cccnc1. The van der Waals surface area contributed by atoms with Crippen molar-refractivity contribution in [2.75, 3.05) is 12.3 Å². The molecule has 0 atom stereocenters.